The van der Waals surface area contributed by atoms with Gasteiger partial charge in [0.05, 0.1) is 37.5 Å². The maximum absolute atomic E-state index is 13.6. The second kappa shape index (κ2) is 19.1. The summed E-state index contributed by atoms with van der Waals surface area (Å²) in [6.07, 6.45) is 8.46. The summed E-state index contributed by atoms with van der Waals surface area (Å²) in [6.45, 7) is 9.92. The summed E-state index contributed by atoms with van der Waals surface area (Å²) in [5.74, 6) is -0.00718. The molecule has 1 saturated carbocycles. The van der Waals surface area contributed by atoms with E-state index in [1.807, 2.05) is 38.5 Å². The fourth-order valence-electron chi connectivity index (χ4n) is 11.3. The fourth-order valence-corrected chi connectivity index (χ4v) is 11.3. The van der Waals surface area contributed by atoms with Crippen LogP contribution in [0.25, 0.3) is 11.1 Å². The standard InChI is InChI=1S/C50H65N9O8/c1-53(2)29-40-42(66-4)24-32(25-43(40)67-5)38-30-54(3)46(62)39-31-58(17-12-35(38)39)49(65)51-28-33-27-50(33)13-18-55(19-14-50)15-6-7-16-56-20-22-57(23-21-56)34-8-9-36-37(26-34)48(64)59(47(36)63)41-10-11-44(60)52-45(41)61/h8-9,24-26,30,33,41H,6-7,10-23,27-29,31H2,1-5H3,(H,51,65)(H,52,60,61). The number of imide groups is 2. The molecule has 2 atom stereocenters. The highest BCUT2D eigenvalue weighted by atomic mass is 16.5. The first kappa shape index (κ1) is 46.3. The molecule has 67 heavy (non-hydrogen) atoms. The van der Waals surface area contributed by atoms with Crippen molar-refractivity contribution < 1.29 is 33.4 Å². The number of urea groups is 1. The van der Waals surface area contributed by atoms with Crippen LogP contribution in [0.3, 0.4) is 0 Å². The van der Waals surface area contributed by atoms with Gasteiger partial charge in [-0.1, -0.05) is 0 Å². The Hall–Kier alpha value is -5.78. The average Bonchev–Trinajstić information content (AvgIpc) is 3.95. The largest absolute Gasteiger partial charge is 0.496 e. The number of piperazine rings is 1. The van der Waals surface area contributed by atoms with Crippen molar-refractivity contribution >= 4 is 35.3 Å². The predicted molar refractivity (Wildman–Crippen MR) is 252 cm³/mol. The van der Waals surface area contributed by atoms with Crippen molar-refractivity contribution in [2.75, 3.05) is 98.7 Å². The minimum absolute atomic E-state index is 0.0805. The van der Waals surface area contributed by atoms with Gasteiger partial charge in [0.25, 0.3) is 17.4 Å². The first-order chi connectivity index (χ1) is 32.3. The lowest BCUT2D eigenvalue weighted by molar-refractivity contribution is -0.136. The van der Waals surface area contributed by atoms with Crippen LogP contribution in [-0.2, 0) is 36.1 Å². The van der Waals surface area contributed by atoms with Crippen molar-refractivity contribution in [3.63, 3.8) is 0 Å². The molecule has 0 bridgehead atoms. The van der Waals surface area contributed by atoms with E-state index >= 15 is 0 Å². The molecule has 6 amide bonds. The Morgan fingerprint density at radius 3 is 2.15 bits per heavy atom. The molecule has 358 valence electrons. The van der Waals surface area contributed by atoms with Gasteiger partial charge in [-0.05, 0) is 138 Å². The highest BCUT2D eigenvalue weighted by Crippen LogP contribution is 2.59. The summed E-state index contributed by atoms with van der Waals surface area (Å²) in [4.78, 5) is 89.9. The number of nitrogens with one attached hydrogen (secondary N) is 2. The molecule has 1 aliphatic carbocycles. The Labute approximate surface area is 392 Å². The minimum atomic E-state index is -0.968. The van der Waals surface area contributed by atoms with Crippen LogP contribution in [0.4, 0.5) is 10.5 Å². The van der Waals surface area contributed by atoms with Gasteiger partial charge in [0.2, 0.25) is 11.8 Å². The summed E-state index contributed by atoms with van der Waals surface area (Å²) in [5.41, 5.74) is 6.20. The number of rotatable bonds is 14. The monoisotopic (exact) mass is 919 g/mol. The summed E-state index contributed by atoms with van der Waals surface area (Å²) < 4.78 is 13.2. The van der Waals surface area contributed by atoms with Gasteiger partial charge < -0.3 is 39.0 Å². The van der Waals surface area contributed by atoms with E-state index in [4.69, 9.17) is 9.47 Å². The zero-order chi connectivity index (χ0) is 47.1. The van der Waals surface area contributed by atoms with E-state index in [0.717, 1.165) is 129 Å². The Kier molecular flexibility index (Phi) is 13.2. The smallest absolute Gasteiger partial charge is 0.317 e. The number of hydrogen-bond donors (Lipinski definition) is 2. The van der Waals surface area contributed by atoms with Crippen LogP contribution >= 0.6 is 0 Å². The molecule has 17 heteroatoms. The van der Waals surface area contributed by atoms with Crippen LogP contribution in [0, 0.1) is 11.3 Å². The number of methoxy groups -OCH3 is 2. The topological polar surface area (TPSA) is 169 Å². The predicted octanol–water partition coefficient (Wildman–Crippen LogP) is 3.30. The third-order valence-corrected chi connectivity index (χ3v) is 15.3. The molecule has 2 N–H and O–H groups in total. The third kappa shape index (κ3) is 9.29. The van der Waals surface area contributed by atoms with E-state index in [1.165, 1.54) is 0 Å². The molecule has 6 aliphatic rings. The van der Waals surface area contributed by atoms with E-state index in [1.54, 1.807) is 42.9 Å². The molecule has 17 nitrogen and oxygen atoms in total. The van der Waals surface area contributed by atoms with E-state index < -0.39 is 23.8 Å². The lowest BCUT2D eigenvalue weighted by Crippen LogP contribution is -2.54. The SMILES string of the molecule is COc1cc(-c2cn(C)c(=O)c3c2CCN(C(=O)NCC2CC24CCN(CCCCN2CCN(c5ccc6c(c5)C(=O)N(C5CCC(=O)NC5=O)C6=O)CC2)CC4)C3)cc(OC)c1CN(C)C. The molecular weight excluding hydrogens is 855 g/mol. The molecule has 5 aliphatic heterocycles. The quantitative estimate of drug-likeness (QED) is 0.179. The number of piperidine rings is 2. The molecule has 2 aromatic carbocycles. The van der Waals surface area contributed by atoms with Gasteiger partial charge in [0.1, 0.15) is 17.5 Å². The van der Waals surface area contributed by atoms with Gasteiger partial charge in [-0.3, -0.25) is 39.1 Å². The van der Waals surface area contributed by atoms with Gasteiger partial charge in [-0.15, -0.1) is 0 Å². The molecule has 1 spiro atoms. The second-order valence-corrected chi connectivity index (χ2v) is 19.7. The zero-order valence-electron chi connectivity index (χ0n) is 39.7. The number of aryl methyl sites for hydroxylation is 1. The lowest BCUT2D eigenvalue weighted by Gasteiger charge is -2.36. The number of hydrogen-bond acceptors (Lipinski definition) is 12. The van der Waals surface area contributed by atoms with Crippen LogP contribution in [0.1, 0.15) is 82.4 Å². The molecule has 9 rings (SSSR count). The van der Waals surface area contributed by atoms with Crippen LogP contribution < -0.4 is 30.6 Å². The van der Waals surface area contributed by atoms with Crippen molar-refractivity contribution in [1.29, 1.82) is 0 Å². The number of carbonyl (C=O) groups is 5. The summed E-state index contributed by atoms with van der Waals surface area (Å²) in [7, 11) is 9.09. The zero-order valence-corrected chi connectivity index (χ0v) is 39.7. The molecule has 3 saturated heterocycles. The van der Waals surface area contributed by atoms with Crippen LogP contribution in [0.5, 0.6) is 11.5 Å². The number of aromatic nitrogens is 1. The number of unbranched alkanes of at least 4 members (excludes halogenated alkanes) is 1. The summed E-state index contributed by atoms with van der Waals surface area (Å²) in [5, 5.41) is 5.50. The van der Waals surface area contributed by atoms with Crippen molar-refractivity contribution in [3.05, 3.63) is 74.7 Å². The molecule has 3 aromatic rings. The number of ether oxygens (including phenoxy) is 2. The van der Waals surface area contributed by atoms with E-state index in [-0.39, 0.29) is 36.9 Å². The van der Waals surface area contributed by atoms with Gasteiger partial charge >= 0.3 is 6.03 Å². The Balaban J connectivity index is 0.690. The van der Waals surface area contributed by atoms with Gasteiger partial charge in [-0.25, -0.2) is 4.79 Å². The number of carbonyl (C=O) groups excluding carboxylic acids is 5. The first-order valence-electron chi connectivity index (χ1n) is 24.0. The summed E-state index contributed by atoms with van der Waals surface area (Å²) in [6, 6.07) is 8.31. The average molecular weight is 920 g/mol. The van der Waals surface area contributed by atoms with Gasteiger partial charge in [-0.2, -0.15) is 0 Å². The number of amides is 6. The Morgan fingerprint density at radius 2 is 1.49 bits per heavy atom. The van der Waals surface area contributed by atoms with Crippen molar-refractivity contribution in [1.82, 2.24) is 39.7 Å². The maximum Gasteiger partial charge on any atom is 0.317 e. The van der Waals surface area contributed by atoms with Crippen molar-refractivity contribution in [3.8, 4) is 22.6 Å². The normalized spacial score (nSPS) is 21.7. The first-order valence-corrected chi connectivity index (χ1v) is 24.0. The van der Waals surface area contributed by atoms with E-state index in [9.17, 15) is 28.8 Å². The molecule has 0 radical (unpaired) electrons. The van der Waals surface area contributed by atoms with Crippen molar-refractivity contribution in [2.45, 2.75) is 70.5 Å². The van der Waals surface area contributed by atoms with E-state index in [0.29, 0.717) is 54.1 Å². The molecule has 6 heterocycles. The lowest BCUT2D eigenvalue weighted by atomic mass is 9.90. The minimum Gasteiger partial charge on any atom is -0.496 e. The Bertz CT molecular complexity index is 2480. The highest BCUT2D eigenvalue weighted by Gasteiger charge is 2.54. The number of likely N-dealkylation sites (tertiary alicyclic amines) is 1. The highest BCUT2D eigenvalue weighted by molar-refractivity contribution is 6.23. The number of anilines is 1. The molecule has 1 aromatic heterocycles. The number of fused-ring (bicyclic) bond motifs is 2. The molecule has 4 fully saturated rings. The van der Waals surface area contributed by atoms with E-state index in [2.05, 4.69) is 30.2 Å². The van der Waals surface area contributed by atoms with Crippen LogP contribution in [-0.4, -0.2) is 159 Å². The Morgan fingerprint density at radius 1 is 0.821 bits per heavy atom. The summed E-state index contributed by atoms with van der Waals surface area (Å²) >= 11 is 0. The second-order valence-electron chi connectivity index (χ2n) is 19.7. The fraction of sp³-hybridized carbons (Fsp3) is 0.560. The van der Waals surface area contributed by atoms with Crippen molar-refractivity contribution in [2.24, 2.45) is 18.4 Å². The third-order valence-electron chi connectivity index (χ3n) is 15.3. The number of pyridine rings is 1. The number of benzene rings is 2. The van der Waals surface area contributed by atoms with Crippen LogP contribution in [0.15, 0.2) is 41.3 Å². The maximum atomic E-state index is 13.6. The van der Waals surface area contributed by atoms with Crippen LogP contribution in [0.2, 0.25) is 0 Å². The number of nitrogens with zero attached hydrogens (tertiary/aromatic N) is 7. The van der Waals surface area contributed by atoms with Gasteiger partial charge in [0.15, 0.2) is 0 Å². The van der Waals surface area contributed by atoms with Gasteiger partial charge in [0, 0.05) is 82.3 Å². The molecular formula is C50H65N9O8. The molecule has 2 unspecified atom stereocenters.